The first-order chi connectivity index (χ1) is 9.60. The molecular weight excluding hydrogens is 276 g/mol. The smallest absolute Gasteiger partial charge is 0.240 e. The lowest BCUT2D eigenvalue weighted by molar-refractivity contribution is 0.582. The summed E-state index contributed by atoms with van der Waals surface area (Å²) in [6.07, 6.45) is 0. The molecule has 112 valence electrons. The van der Waals surface area contributed by atoms with Crippen LogP contribution < -0.4 is 15.4 Å². The number of aliphatic imine (C=N–C) groups is 1. The Balaban J connectivity index is 2.49. The minimum atomic E-state index is -3.44. The van der Waals surface area contributed by atoms with Gasteiger partial charge in [-0.15, -0.1) is 0 Å². The lowest BCUT2D eigenvalue weighted by Gasteiger charge is -2.09. The molecule has 3 N–H and O–H groups in total. The van der Waals surface area contributed by atoms with Gasteiger partial charge in [-0.1, -0.05) is 18.2 Å². The molecule has 1 rings (SSSR count). The number of benzene rings is 1. The van der Waals surface area contributed by atoms with Gasteiger partial charge in [0.05, 0.1) is 11.4 Å². The van der Waals surface area contributed by atoms with Crippen LogP contribution in [0.4, 0.5) is 0 Å². The summed E-state index contributed by atoms with van der Waals surface area (Å²) in [7, 11) is -3.44. The van der Waals surface area contributed by atoms with Crippen LogP contribution in [0.15, 0.2) is 40.2 Å². The van der Waals surface area contributed by atoms with Gasteiger partial charge >= 0.3 is 0 Å². The Labute approximate surface area is 120 Å². The minimum Gasteiger partial charge on any atom is -0.357 e. The van der Waals surface area contributed by atoms with Crippen molar-refractivity contribution in [2.24, 2.45) is 4.99 Å². The maximum Gasteiger partial charge on any atom is 0.240 e. The zero-order chi connectivity index (χ0) is 14.8. The quantitative estimate of drug-likeness (QED) is 0.390. The average Bonchev–Trinajstić information content (AvgIpc) is 2.45. The van der Waals surface area contributed by atoms with Gasteiger partial charge in [0.25, 0.3) is 0 Å². The second-order valence-electron chi connectivity index (χ2n) is 4.00. The van der Waals surface area contributed by atoms with E-state index in [2.05, 4.69) is 20.3 Å². The number of nitrogens with one attached hydrogen (secondary N) is 3. The highest BCUT2D eigenvalue weighted by molar-refractivity contribution is 7.89. The average molecular weight is 298 g/mol. The van der Waals surface area contributed by atoms with Crippen molar-refractivity contribution in [3.05, 3.63) is 30.3 Å². The van der Waals surface area contributed by atoms with Crippen molar-refractivity contribution in [3.8, 4) is 0 Å². The second-order valence-corrected chi connectivity index (χ2v) is 5.77. The van der Waals surface area contributed by atoms with Gasteiger partial charge in [-0.05, 0) is 26.0 Å². The summed E-state index contributed by atoms with van der Waals surface area (Å²) in [6, 6.07) is 8.30. The molecule has 0 saturated carbocycles. The van der Waals surface area contributed by atoms with Crippen LogP contribution in [-0.2, 0) is 10.0 Å². The molecule has 0 fully saturated rings. The van der Waals surface area contributed by atoms with Crippen LogP contribution >= 0.6 is 0 Å². The molecule has 0 saturated heterocycles. The van der Waals surface area contributed by atoms with Gasteiger partial charge in [-0.3, -0.25) is 4.99 Å². The van der Waals surface area contributed by atoms with Gasteiger partial charge in [0.1, 0.15) is 0 Å². The van der Waals surface area contributed by atoms with Crippen molar-refractivity contribution >= 4 is 16.0 Å². The molecular formula is C13H22N4O2S. The summed E-state index contributed by atoms with van der Waals surface area (Å²) in [5.74, 6) is 0.689. The second kappa shape index (κ2) is 8.55. The first-order valence-corrected chi connectivity index (χ1v) is 8.15. The van der Waals surface area contributed by atoms with E-state index in [4.69, 9.17) is 0 Å². The molecule has 0 aliphatic heterocycles. The van der Waals surface area contributed by atoms with Crippen LogP contribution in [0.1, 0.15) is 13.8 Å². The molecule has 0 amide bonds. The van der Waals surface area contributed by atoms with Crippen LogP contribution in [0, 0.1) is 0 Å². The van der Waals surface area contributed by atoms with Crippen molar-refractivity contribution in [2.75, 3.05) is 26.2 Å². The first-order valence-electron chi connectivity index (χ1n) is 6.67. The van der Waals surface area contributed by atoms with E-state index in [0.29, 0.717) is 12.5 Å². The zero-order valence-electron chi connectivity index (χ0n) is 11.9. The Hall–Kier alpha value is -1.60. The third-order valence-corrected chi connectivity index (χ3v) is 3.89. The van der Waals surface area contributed by atoms with E-state index in [-0.39, 0.29) is 11.4 Å². The molecule has 6 nitrogen and oxygen atoms in total. The highest BCUT2D eigenvalue weighted by Crippen LogP contribution is 2.06. The van der Waals surface area contributed by atoms with Crippen molar-refractivity contribution < 1.29 is 8.42 Å². The summed E-state index contributed by atoms with van der Waals surface area (Å²) in [5, 5.41) is 6.15. The highest BCUT2D eigenvalue weighted by Gasteiger charge is 2.11. The van der Waals surface area contributed by atoms with Crippen LogP contribution in [0.2, 0.25) is 0 Å². The van der Waals surface area contributed by atoms with Gasteiger partial charge in [0, 0.05) is 19.6 Å². The Morgan fingerprint density at radius 1 is 1.10 bits per heavy atom. The van der Waals surface area contributed by atoms with Crippen LogP contribution in [0.5, 0.6) is 0 Å². The number of guanidine groups is 1. The fourth-order valence-corrected chi connectivity index (χ4v) is 2.58. The maximum absolute atomic E-state index is 11.9. The summed E-state index contributed by atoms with van der Waals surface area (Å²) in [5.41, 5.74) is 0. The predicted octanol–water partition coefficient (Wildman–Crippen LogP) is 0.540. The van der Waals surface area contributed by atoms with E-state index in [0.717, 1.165) is 13.1 Å². The van der Waals surface area contributed by atoms with Gasteiger partial charge in [0.15, 0.2) is 5.96 Å². The maximum atomic E-state index is 11.9. The number of rotatable bonds is 7. The highest BCUT2D eigenvalue weighted by atomic mass is 32.2. The van der Waals surface area contributed by atoms with Crippen molar-refractivity contribution in [3.63, 3.8) is 0 Å². The Kier molecular flexibility index (Phi) is 7.03. The minimum absolute atomic E-state index is 0.261. The van der Waals surface area contributed by atoms with E-state index in [9.17, 15) is 8.42 Å². The van der Waals surface area contributed by atoms with E-state index in [1.54, 1.807) is 30.3 Å². The molecule has 1 aromatic carbocycles. The largest absolute Gasteiger partial charge is 0.357 e. The molecule has 0 bridgehead atoms. The summed E-state index contributed by atoms with van der Waals surface area (Å²) in [6.45, 7) is 6.12. The number of hydrogen-bond acceptors (Lipinski definition) is 3. The Morgan fingerprint density at radius 3 is 2.25 bits per heavy atom. The van der Waals surface area contributed by atoms with Crippen molar-refractivity contribution in [1.29, 1.82) is 0 Å². The molecule has 0 heterocycles. The van der Waals surface area contributed by atoms with Crippen LogP contribution in [0.25, 0.3) is 0 Å². The van der Waals surface area contributed by atoms with Gasteiger partial charge < -0.3 is 10.6 Å². The topological polar surface area (TPSA) is 82.6 Å². The monoisotopic (exact) mass is 298 g/mol. The molecule has 1 aromatic rings. The number of sulfonamides is 1. The molecule has 20 heavy (non-hydrogen) atoms. The lowest BCUT2D eigenvalue weighted by atomic mass is 10.4. The van der Waals surface area contributed by atoms with Gasteiger partial charge in [-0.2, -0.15) is 0 Å². The molecule has 0 atom stereocenters. The van der Waals surface area contributed by atoms with Crippen molar-refractivity contribution in [2.45, 2.75) is 18.7 Å². The van der Waals surface area contributed by atoms with Crippen molar-refractivity contribution in [1.82, 2.24) is 15.4 Å². The normalized spacial score (nSPS) is 10.9. The van der Waals surface area contributed by atoms with E-state index in [1.807, 2.05) is 13.8 Å². The molecule has 7 heteroatoms. The molecule has 0 aliphatic rings. The summed E-state index contributed by atoms with van der Waals surface area (Å²) < 4.78 is 26.4. The predicted molar refractivity (Wildman–Crippen MR) is 81.3 cm³/mol. The fraction of sp³-hybridized carbons (Fsp3) is 0.462. The first kappa shape index (κ1) is 16.5. The molecule has 0 unspecified atom stereocenters. The van der Waals surface area contributed by atoms with E-state index >= 15 is 0 Å². The van der Waals surface area contributed by atoms with Crippen LogP contribution in [0.3, 0.4) is 0 Å². The van der Waals surface area contributed by atoms with Gasteiger partial charge in [-0.25, -0.2) is 13.1 Å². The van der Waals surface area contributed by atoms with Gasteiger partial charge in [0.2, 0.25) is 10.0 Å². The molecule has 0 aromatic heterocycles. The standard InChI is InChI=1S/C13H22N4O2S/c1-3-14-13(15-4-2)16-10-11-17-20(18,19)12-8-6-5-7-9-12/h5-9,17H,3-4,10-11H2,1-2H3,(H2,14,15,16). The summed E-state index contributed by atoms with van der Waals surface area (Å²) in [4.78, 5) is 4.53. The molecule has 0 aliphatic carbocycles. The Morgan fingerprint density at radius 2 is 1.70 bits per heavy atom. The Bertz CT molecular complexity index is 506. The number of hydrogen-bond donors (Lipinski definition) is 3. The lowest BCUT2D eigenvalue weighted by Crippen LogP contribution is -2.37. The fourth-order valence-electron chi connectivity index (χ4n) is 1.54. The molecule has 0 spiro atoms. The number of nitrogens with zero attached hydrogens (tertiary/aromatic N) is 1. The SMILES string of the molecule is CCNC(=NCCNS(=O)(=O)c1ccccc1)NCC. The third-order valence-electron chi connectivity index (χ3n) is 2.42. The van der Waals surface area contributed by atoms with Crippen LogP contribution in [-0.4, -0.2) is 40.6 Å². The van der Waals surface area contributed by atoms with E-state index in [1.165, 1.54) is 0 Å². The molecule has 0 radical (unpaired) electrons. The van der Waals surface area contributed by atoms with E-state index < -0.39 is 10.0 Å². The summed E-state index contributed by atoms with van der Waals surface area (Å²) >= 11 is 0. The third kappa shape index (κ3) is 5.58. The zero-order valence-corrected chi connectivity index (χ0v) is 12.7.